The third-order valence-corrected chi connectivity index (χ3v) is 2.99. The summed E-state index contributed by atoms with van der Waals surface area (Å²) in [6.45, 7) is 1.68. The minimum Gasteiger partial charge on any atom is -0.378 e. The van der Waals surface area contributed by atoms with Crippen LogP contribution in [0.25, 0.3) is 0 Å². The largest absolute Gasteiger partial charge is 0.416 e. The van der Waals surface area contributed by atoms with Gasteiger partial charge in [0.15, 0.2) is 0 Å². The first-order valence-corrected chi connectivity index (χ1v) is 6.22. The monoisotopic (exact) mass is 324 g/mol. The number of morpholine rings is 1. The van der Waals surface area contributed by atoms with Gasteiger partial charge in [0.05, 0.1) is 18.8 Å². The van der Waals surface area contributed by atoms with E-state index < -0.39 is 17.8 Å². The normalized spacial score (nSPS) is 18.7. The molecule has 1 atom stereocenters. The molecule has 0 radical (unpaired) electrons. The van der Waals surface area contributed by atoms with Crippen LogP contribution in [0.4, 0.5) is 13.2 Å². The fourth-order valence-corrected chi connectivity index (χ4v) is 1.86. The topological polar surface area (TPSA) is 50.4 Å². The molecule has 118 valence electrons. The molecule has 1 aliphatic heterocycles. The zero-order valence-corrected chi connectivity index (χ0v) is 11.9. The van der Waals surface area contributed by atoms with E-state index in [0.29, 0.717) is 25.3 Å². The number of amides is 1. The van der Waals surface area contributed by atoms with Crippen molar-refractivity contribution in [1.29, 1.82) is 0 Å². The van der Waals surface area contributed by atoms with Gasteiger partial charge in [-0.05, 0) is 17.7 Å². The maximum absolute atomic E-state index is 12.4. The number of carbonyl (C=O) groups excluding carboxylic acids is 1. The average molecular weight is 325 g/mol. The SMILES string of the molecule is Cl.O=C(NCc1ccc(C(F)(F)F)cc1)C1COCCN1. The van der Waals surface area contributed by atoms with Crippen molar-refractivity contribution in [2.24, 2.45) is 0 Å². The van der Waals surface area contributed by atoms with E-state index >= 15 is 0 Å². The van der Waals surface area contributed by atoms with Crippen molar-refractivity contribution in [2.75, 3.05) is 19.8 Å². The van der Waals surface area contributed by atoms with Crippen LogP contribution < -0.4 is 10.6 Å². The van der Waals surface area contributed by atoms with Gasteiger partial charge in [-0.1, -0.05) is 12.1 Å². The Hall–Kier alpha value is -1.31. The van der Waals surface area contributed by atoms with Gasteiger partial charge >= 0.3 is 6.18 Å². The lowest BCUT2D eigenvalue weighted by Gasteiger charge is -2.22. The molecular weight excluding hydrogens is 309 g/mol. The van der Waals surface area contributed by atoms with Crippen LogP contribution in [0.3, 0.4) is 0 Å². The van der Waals surface area contributed by atoms with E-state index in [0.717, 1.165) is 12.1 Å². The number of nitrogens with one attached hydrogen (secondary N) is 2. The molecule has 0 spiro atoms. The molecule has 1 fully saturated rings. The van der Waals surface area contributed by atoms with Crippen molar-refractivity contribution in [1.82, 2.24) is 10.6 Å². The molecule has 1 heterocycles. The molecule has 8 heteroatoms. The number of carbonyl (C=O) groups is 1. The summed E-state index contributed by atoms with van der Waals surface area (Å²) >= 11 is 0. The second-order valence-corrected chi connectivity index (χ2v) is 4.49. The highest BCUT2D eigenvalue weighted by Gasteiger charge is 2.30. The van der Waals surface area contributed by atoms with Crippen molar-refractivity contribution in [3.05, 3.63) is 35.4 Å². The summed E-state index contributed by atoms with van der Waals surface area (Å²) in [6, 6.07) is 4.31. The van der Waals surface area contributed by atoms with Crippen molar-refractivity contribution in [3.63, 3.8) is 0 Å². The zero-order valence-electron chi connectivity index (χ0n) is 11.1. The number of ether oxygens (including phenoxy) is 1. The summed E-state index contributed by atoms with van der Waals surface area (Å²) in [5.74, 6) is -0.218. The van der Waals surface area contributed by atoms with Gasteiger partial charge in [0.1, 0.15) is 6.04 Å². The number of hydrogen-bond donors (Lipinski definition) is 2. The predicted octanol–water partition coefficient (Wildman–Crippen LogP) is 1.73. The summed E-state index contributed by atoms with van der Waals surface area (Å²) in [6.07, 6.45) is -4.34. The van der Waals surface area contributed by atoms with Crippen LogP contribution in [0.2, 0.25) is 0 Å². The predicted molar refractivity (Wildman–Crippen MR) is 73.1 cm³/mol. The molecule has 1 aromatic carbocycles. The number of alkyl halides is 3. The maximum Gasteiger partial charge on any atom is 0.416 e. The second-order valence-electron chi connectivity index (χ2n) is 4.49. The van der Waals surface area contributed by atoms with E-state index in [9.17, 15) is 18.0 Å². The third-order valence-electron chi connectivity index (χ3n) is 2.99. The van der Waals surface area contributed by atoms with Crippen molar-refractivity contribution in [3.8, 4) is 0 Å². The molecular formula is C13H16ClF3N2O2. The number of halogens is 4. The zero-order chi connectivity index (χ0) is 14.6. The van der Waals surface area contributed by atoms with Crippen molar-refractivity contribution >= 4 is 18.3 Å². The summed E-state index contributed by atoms with van der Waals surface area (Å²) in [4.78, 5) is 11.8. The van der Waals surface area contributed by atoms with Gasteiger partial charge < -0.3 is 15.4 Å². The number of rotatable bonds is 3. The highest BCUT2D eigenvalue weighted by molar-refractivity contribution is 5.85. The van der Waals surface area contributed by atoms with Crippen LogP contribution in [0.5, 0.6) is 0 Å². The standard InChI is InChI=1S/C13H15F3N2O2.ClH/c14-13(15,16)10-3-1-9(2-4-10)7-18-12(19)11-8-20-6-5-17-11;/h1-4,11,17H,5-8H2,(H,18,19);1H. The Morgan fingerprint density at radius 1 is 1.33 bits per heavy atom. The molecule has 4 nitrogen and oxygen atoms in total. The van der Waals surface area contributed by atoms with E-state index in [1.165, 1.54) is 12.1 Å². The first kappa shape index (κ1) is 17.7. The average Bonchev–Trinajstić information content (AvgIpc) is 2.45. The molecule has 0 aromatic heterocycles. The second kappa shape index (κ2) is 7.63. The van der Waals surface area contributed by atoms with Gasteiger partial charge in [-0.3, -0.25) is 4.79 Å². The van der Waals surface area contributed by atoms with Gasteiger partial charge in [0.25, 0.3) is 0 Å². The lowest BCUT2D eigenvalue weighted by Crippen LogP contribution is -2.51. The van der Waals surface area contributed by atoms with E-state index in [2.05, 4.69) is 10.6 Å². The van der Waals surface area contributed by atoms with Crippen LogP contribution in [0, 0.1) is 0 Å². The third kappa shape index (κ3) is 5.18. The molecule has 0 saturated carbocycles. The molecule has 2 N–H and O–H groups in total. The van der Waals surface area contributed by atoms with Crippen molar-refractivity contribution < 1.29 is 22.7 Å². The number of benzene rings is 1. The molecule has 0 bridgehead atoms. The quantitative estimate of drug-likeness (QED) is 0.890. The highest BCUT2D eigenvalue weighted by atomic mass is 35.5. The summed E-state index contributed by atoms with van der Waals surface area (Å²) < 4.78 is 42.3. The smallest absolute Gasteiger partial charge is 0.378 e. The Bertz CT molecular complexity index is 459. The van der Waals surface area contributed by atoms with E-state index in [4.69, 9.17) is 4.74 Å². The molecule has 21 heavy (non-hydrogen) atoms. The van der Waals surface area contributed by atoms with Crippen LogP contribution in [0.15, 0.2) is 24.3 Å². The fourth-order valence-electron chi connectivity index (χ4n) is 1.86. The number of hydrogen-bond acceptors (Lipinski definition) is 3. The lowest BCUT2D eigenvalue weighted by molar-refractivity contribution is -0.137. The first-order chi connectivity index (χ1) is 9.47. The summed E-state index contributed by atoms with van der Waals surface area (Å²) in [5, 5.41) is 5.66. The van der Waals surface area contributed by atoms with Gasteiger partial charge in [0.2, 0.25) is 5.91 Å². The van der Waals surface area contributed by atoms with Crippen LogP contribution in [-0.2, 0) is 22.3 Å². The molecule has 1 amide bonds. The summed E-state index contributed by atoms with van der Waals surface area (Å²) in [5.41, 5.74) is -0.0852. The first-order valence-electron chi connectivity index (χ1n) is 6.22. The van der Waals surface area contributed by atoms with Gasteiger partial charge in [-0.25, -0.2) is 0 Å². The van der Waals surface area contributed by atoms with Crippen molar-refractivity contribution in [2.45, 2.75) is 18.8 Å². The highest BCUT2D eigenvalue weighted by Crippen LogP contribution is 2.28. The Morgan fingerprint density at radius 2 is 2.00 bits per heavy atom. The minimum absolute atomic E-state index is 0. The molecule has 2 rings (SSSR count). The Labute approximate surface area is 126 Å². The Kier molecular flexibility index (Phi) is 6.44. The lowest BCUT2D eigenvalue weighted by atomic mass is 10.1. The van der Waals surface area contributed by atoms with Gasteiger partial charge in [0, 0.05) is 13.1 Å². The Morgan fingerprint density at radius 3 is 2.52 bits per heavy atom. The maximum atomic E-state index is 12.4. The minimum atomic E-state index is -4.34. The van der Waals surface area contributed by atoms with Gasteiger partial charge in [-0.2, -0.15) is 13.2 Å². The van der Waals surface area contributed by atoms with Crippen LogP contribution in [-0.4, -0.2) is 31.7 Å². The summed E-state index contributed by atoms with van der Waals surface area (Å²) in [7, 11) is 0. The molecule has 1 saturated heterocycles. The van der Waals surface area contributed by atoms with E-state index in [-0.39, 0.29) is 24.9 Å². The van der Waals surface area contributed by atoms with Crippen LogP contribution >= 0.6 is 12.4 Å². The van der Waals surface area contributed by atoms with Crippen LogP contribution in [0.1, 0.15) is 11.1 Å². The fraction of sp³-hybridized carbons (Fsp3) is 0.462. The van der Waals surface area contributed by atoms with Gasteiger partial charge in [-0.15, -0.1) is 12.4 Å². The van der Waals surface area contributed by atoms with E-state index in [1.807, 2.05) is 0 Å². The molecule has 1 unspecified atom stereocenters. The van der Waals surface area contributed by atoms with E-state index in [1.54, 1.807) is 0 Å². The molecule has 0 aliphatic carbocycles. The Balaban J connectivity index is 0.00000220. The molecule has 1 aliphatic rings. The molecule has 1 aromatic rings.